The highest BCUT2D eigenvalue weighted by molar-refractivity contribution is 5.81. The second-order valence-electron chi connectivity index (χ2n) is 4.76. The Morgan fingerprint density at radius 1 is 1.10 bits per heavy atom. The average Bonchev–Trinajstić information content (AvgIpc) is 2.87. The van der Waals surface area contributed by atoms with Crippen molar-refractivity contribution in [3.63, 3.8) is 0 Å². The Kier molecular flexibility index (Phi) is 3.03. The molecule has 0 aliphatic rings. The van der Waals surface area contributed by atoms with E-state index in [-0.39, 0.29) is 5.56 Å². The molecule has 0 amide bonds. The Morgan fingerprint density at radius 3 is 2.60 bits per heavy atom. The molecule has 4 heteroatoms. The zero-order chi connectivity index (χ0) is 14.3. The van der Waals surface area contributed by atoms with Crippen LogP contribution in [0.15, 0.2) is 46.9 Å². The van der Waals surface area contributed by atoms with E-state index in [1.165, 1.54) is 12.1 Å². The van der Waals surface area contributed by atoms with Gasteiger partial charge in [0.25, 0.3) is 0 Å². The van der Waals surface area contributed by atoms with Crippen molar-refractivity contribution in [3.8, 4) is 0 Å². The molecular weight excluding hydrogens is 260 g/mol. The van der Waals surface area contributed by atoms with Gasteiger partial charge in [0, 0.05) is 10.9 Å². The highest BCUT2D eigenvalue weighted by Crippen LogP contribution is 2.30. The fraction of sp³-hybridized carbons (Fsp3) is 0.125. The van der Waals surface area contributed by atoms with Crippen molar-refractivity contribution in [1.29, 1.82) is 0 Å². The smallest absolute Gasteiger partial charge is 0.164 e. The largest absolute Gasteiger partial charge is 0.459 e. The molecule has 2 nitrogen and oxygen atoms in total. The first-order valence-electron chi connectivity index (χ1n) is 6.26. The summed E-state index contributed by atoms with van der Waals surface area (Å²) in [6, 6.07) is 10.6. The number of rotatable bonds is 2. The van der Waals surface area contributed by atoms with E-state index in [1.807, 2.05) is 25.1 Å². The predicted molar refractivity (Wildman–Crippen MR) is 73.3 cm³/mol. The molecule has 2 aromatic carbocycles. The van der Waals surface area contributed by atoms with Gasteiger partial charge in [-0.25, -0.2) is 8.78 Å². The first-order valence-corrected chi connectivity index (χ1v) is 6.26. The number of hydrogen-bond donors (Lipinski definition) is 1. The van der Waals surface area contributed by atoms with E-state index in [0.29, 0.717) is 5.76 Å². The summed E-state index contributed by atoms with van der Waals surface area (Å²) in [6.07, 6.45) is 0. The van der Waals surface area contributed by atoms with Gasteiger partial charge in [-0.1, -0.05) is 30.3 Å². The second-order valence-corrected chi connectivity index (χ2v) is 4.76. The molecule has 0 saturated heterocycles. The first kappa shape index (κ1) is 12.8. The molecule has 0 saturated carbocycles. The van der Waals surface area contributed by atoms with Gasteiger partial charge in [0.2, 0.25) is 0 Å². The van der Waals surface area contributed by atoms with E-state index in [4.69, 9.17) is 10.2 Å². The van der Waals surface area contributed by atoms with Crippen molar-refractivity contribution in [2.24, 2.45) is 5.73 Å². The lowest BCUT2D eigenvalue weighted by molar-refractivity contribution is 0.475. The fourth-order valence-corrected chi connectivity index (χ4v) is 2.30. The number of furan rings is 1. The quantitative estimate of drug-likeness (QED) is 0.764. The zero-order valence-electron chi connectivity index (χ0n) is 10.9. The van der Waals surface area contributed by atoms with Crippen molar-refractivity contribution in [2.75, 3.05) is 0 Å². The molecule has 3 aromatic rings. The van der Waals surface area contributed by atoms with Crippen molar-refractivity contribution in [3.05, 3.63) is 71.0 Å². The van der Waals surface area contributed by atoms with Gasteiger partial charge in [-0.15, -0.1) is 0 Å². The molecule has 0 aliphatic carbocycles. The molecule has 0 radical (unpaired) electrons. The summed E-state index contributed by atoms with van der Waals surface area (Å²) in [4.78, 5) is 0. The van der Waals surface area contributed by atoms with Gasteiger partial charge in [0.05, 0.1) is 6.04 Å². The third-order valence-electron chi connectivity index (χ3n) is 3.38. The average molecular weight is 273 g/mol. The van der Waals surface area contributed by atoms with Gasteiger partial charge < -0.3 is 10.2 Å². The number of hydrogen-bond acceptors (Lipinski definition) is 2. The predicted octanol–water partition coefficient (Wildman–Crippen LogP) is 4.07. The van der Waals surface area contributed by atoms with Crippen LogP contribution >= 0.6 is 0 Å². The van der Waals surface area contributed by atoms with Gasteiger partial charge in [-0.2, -0.15) is 0 Å². The van der Waals surface area contributed by atoms with E-state index in [2.05, 4.69) is 0 Å². The van der Waals surface area contributed by atoms with E-state index >= 15 is 0 Å². The van der Waals surface area contributed by atoms with Gasteiger partial charge in [0.1, 0.15) is 11.3 Å². The molecule has 1 atom stereocenters. The van der Waals surface area contributed by atoms with Crippen LogP contribution in [0.4, 0.5) is 8.78 Å². The maximum Gasteiger partial charge on any atom is 0.164 e. The van der Waals surface area contributed by atoms with Crippen LogP contribution in [0.25, 0.3) is 11.0 Å². The topological polar surface area (TPSA) is 39.2 Å². The second kappa shape index (κ2) is 4.72. The Hall–Kier alpha value is -2.20. The summed E-state index contributed by atoms with van der Waals surface area (Å²) >= 11 is 0. The lowest BCUT2D eigenvalue weighted by Crippen LogP contribution is -2.13. The van der Waals surface area contributed by atoms with Crippen LogP contribution in [-0.2, 0) is 0 Å². The van der Waals surface area contributed by atoms with Crippen LogP contribution < -0.4 is 5.73 Å². The molecule has 1 unspecified atom stereocenters. The van der Waals surface area contributed by atoms with E-state index in [1.54, 1.807) is 6.07 Å². The van der Waals surface area contributed by atoms with Crippen LogP contribution in [-0.4, -0.2) is 0 Å². The summed E-state index contributed by atoms with van der Waals surface area (Å²) in [5.41, 5.74) is 7.77. The van der Waals surface area contributed by atoms with E-state index in [9.17, 15) is 8.78 Å². The maximum absolute atomic E-state index is 13.8. The van der Waals surface area contributed by atoms with Crippen LogP contribution in [0.1, 0.15) is 22.9 Å². The van der Waals surface area contributed by atoms with Crippen LogP contribution in [0, 0.1) is 18.6 Å². The minimum absolute atomic E-state index is 0.0849. The van der Waals surface area contributed by atoms with Crippen LogP contribution in [0.2, 0.25) is 0 Å². The Morgan fingerprint density at radius 2 is 1.85 bits per heavy atom. The standard InChI is InChI=1S/C16H13F2NO/c1-9-4-2-5-10-8-13(20-16(9)10)15(19)11-6-3-7-12(17)14(11)18/h2-8,15H,19H2,1H3. The normalized spacial score (nSPS) is 12.8. The molecular formula is C16H13F2NO. The monoisotopic (exact) mass is 273 g/mol. The van der Waals surface area contributed by atoms with Crippen LogP contribution in [0.3, 0.4) is 0 Å². The maximum atomic E-state index is 13.8. The molecule has 2 N–H and O–H groups in total. The highest BCUT2D eigenvalue weighted by Gasteiger charge is 2.20. The lowest BCUT2D eigenvalue weighted by Gasteiger charge is -2.10. The van der Waals surface area contributed by atoms with E-state index < -0.39 is 17.7 Å². The van der Waals surface area contributed by atoms with Crippen molar-refractivity contribution in [2.45, 2.75) is 13.0 Å². The van der Waals surface area contributed by atoms with Crippen molar-refractivity contribution in [1.82, 2.24) is 0 Å². The molecule has 102 valence electrons. The van der Waals surface area contributed by atoms with Gasteiger partial charge in [-0.05, 0) is 24.6 Å². The Balaban J connectivity index is 2.10. The van der Waals surface area contributed by atoms with Crippen LogP contribution in [0.5, 0.6) is 0 Å². The number of aryl methyl sites for hydroxylation is 1. The molecule has 3 rings (SSSR count). The number of benzene rings is 2. The minimum Gasteiger partial charge on any atom is -0.459 e. The zero-order valence-corrected chi connectivity index (χ0v) is 10.9. The molecule has 0 fully saturated rings. The molecule has 1 aromatic heterocycles. The number of halogens is 2. The number of fused-ring (bicyclic) bond motifs is 1. The molecule has 20 heavy (non-hydrogen) atoms. The minimum atomic E-state index is -0.933. The summed E-state index contributed by atoms with van der Waals surface area (Å²) in [7, 11) is 0. The Labute approximate surface area is 114 Å². The lowest BCUT2D eigenvalue weighted by atomic mass is 10.0. The third-order valence-corrected chi connectivity index (χ3v) is 3.38. The number of para-hydroxylation sites is 1. The summed E-state index contributed by atoms with van der Waals surface area (Å²) < 4.78 is 32.7. The SMILES string of the molecule is Cc1cccc2cc(C(N)c3cccc(F)c3F)oc12. The summed E-state index contributed by atoms with van der Waals surface area (Å²) in [5, 5.41) is 0.896. The van der Waals surface area contributed by atoms with Gasteiger partial charge in [0.15, 0.2) is 11.6 Å². The highest BCUT2D eigenvalue weighted by atomic mass is 19.2. The first-order chi connectivity index (χ1) is 9.58. The van der Waals surface area contributed by atoms with Crippen molar-refractivity contribution < 1.29 is 13.2 Å². The summed E-state index contributed by atoms with van der Waals surface area (Å²) in [5.74, 6) is -1.43. The van der Waals surface area contributed by atoms with E-state index in [0.717, 1.165) is 22.6 Å². The third kappa shape index (κ3) is 1.98. The molecule has 1 heterocycles. The molecule has 0 spiro atoms. The fourth-order valence-electron chi connectivity index (χ4n) is 2.30. The van der Waals surface area contributed by atoms with Crippen molar-refractivity contribution >= 4 is 11.0 Å². The number of nitrogens with two attached hydrogens (primary N) is 1. The van der Waals surface area contributed by atoms with Gasteiger partial charge >= 0.3 is 0 Å². The molecule has 0 aliphatic heterocycles. The molecule has 0 bridgehead atoms. The Bertz CT molecular complexity index is 779. The summed E-state index contributed by atoms with van der Waals surface area (Å²) in [6.45, 7) is 1.92. The van der Waals surface area contributed by atoms with Gasteiger partial charge in [-0.3, -0.25) is 0 Å².